The Bertz CT molecular complexity index is 1500. The molecule has 0 aliphatic rings. The number of ether oxygens (including phenoxy) is 1. The number of nitrogens with zero attached hydrogens (tertiary/aromatic N) is 2. The Hall–Kier alpha value is -3.74. The fourth-order valence-electron chi connectivity index (χ4n) is 3.99. The van der Waals surface area contributed by atoms with Crippen molar-refractivity contribution in [1.82, 2.24) is 14.8 Å². The molecule has 2 N–H and O–H groups in total. The molecule has 152 valence electrons. The van der Waals surface area contributed by atoms with Crippen molar-refractivity contribution in [3.63, 3.8) is 0 Å². The molecule has 0 unspecified atom stereocenters. The Labute approximate surface area is 171 Å². The van der Waals surface area contributed by atoms with Gasteiger partial charge in [-0.1, -0.05) is 6.07 Å². The van der Waals surface area contributed by atoms with Crippen molar-refractivity contribution in [3.8, 4) is 22.6 Å². The van der Waals surface area contributed by atoms with Gasteiger partial charge in [-0.25, -0.2) is 4.98 Å². The number of phenols is 1. The van der Waals surface area contributed by atoms with E-state index in [9.17, 15) is 9.90 Å². The molecule has 5 aromatic rings. The van der Waals surface area contributed by atoms with Gasteiger partial charge in [0.15, 0.2) is 28.2 Å². The van der Waals surface area contributed by atoms with Crippen LogP contribution in [-0.2, 0) is 0 Å². The molecular formula is C23H21N3O4. The van der Waals surface area contributed by atoms with Crippen LogP contribution in [0.4, 0.5) is 0 Å². The lowest BCUT2D eigenvalue weighted by molar-refractivity contribution is 0.373. The Kier molecular flexibility index (Phi) is 3.89. The molecule has 0 spiro atoms. The van der Waals surface area contributed by atoms with E-state index in [2.05, 4.69) is 18.9 Å². The number of nitrogens with one attached hydrogen (secondary N) is 1. The van der Waals surface area contributed by atoms with E-state index in [-0.39, 0.29) is 17.2 Å². The van der Waals surface area contributed by atoms with Crippen molar-refractivity contribution >= 4 is 33.1 Å². The first-order valence-corrected chi connectivity index (χ1v) is 9.73. The van der Waals surface area contributed by atoms with E-state index in [1.165, 1.54) is 7.11 Å². The van der Waals surface area contributed by atoms with Gasteiger partial charge in [0.2, 0.25) is 0 Å². The summed E-state index contributed by atoms with van der Waals surface area (Å²) in [5, 5.41) is 15.3. The molecule has 7 heteroatoms. The maximum Gasteiger partial charge on any atom is 0.185 e. The summed E-state index contributed by atoms with van der Waals surface area (Å²) in [4.78, 5) is 17.1. The van der Waals surface area contributed by atoms with Crippen molar-refractivity contribution < 1.29 is 14.3 Å². The van der Waals surface area contributed by atoms with Gasteiger partial charge in [-0.15, -0.1) is 0 Å². The minimum Gasteiger partial charge on any atom is -0.504 e. The maximum atomic E-state index is 12.2. The predicted octanol–water partition coefficient (Wildman–Crippen LogP) is 4.89. The largest absolute Gasteiger partial charge is 0.504 e. The SMILES string of the molecule is COc1ccc(-c2c3c[nH]n(C(C)C)c3nc3c2oc2c(C)c(=O)ccc23)cc1O. The highest BCUT2D eigenvalue weighted by Crippen LogP contribution is 2.42. The second-order valence-corrected chi connectivity index (χ2v) is 7.69. The highest BCUT2D eigenvalue weighted by molar-refractivity contribution is 6.14. The first-order valence-electron chi connectivity index (χ1n) is 9.73. The zero-order chi connectivity index (χ0) is 21.2. The lowest BCUT2D eigenvalue weighted by Crippen LogP contribution is -2.03. The van der Waals surface area contributed by atoms with Gasteiger partial charge in [-0.05, 0) is 50.6 Å². The number of aryl methyl sites for hydroxylation is 1. The number of aromatic nitrogens is 3. The number of furan rings is 1. The van der Waals surface area contributed by atoms with E-state index in [1.54, 1.807) is 31.2 Å². The Morgan fingerprint density at radius 1 is 1.17 bits per heavy atom. The van der Waals surface area contributed by atoms with Gasteiger partial charge in [0.05, 0.1) is 7.11 Å². The van der Waals surface area contributed by atoms with Crippen LogP contribution in [0.1, 0.15) is 25.5 Å². The van der Waals surface area contributed by atoms with Crippen LogP contribution in [0.2, 0.25) is 0 Å². The molecule has 0 saturated carbocycles. The van der Waals surface area contributed by atoms with Crippen LogP contribution in [0.25, 0.3) is 44.2 Å². The highest BCUT2D eigenvalue weighted by atomic mass is 16.5. The lowest BCUT2D eigenvalue weighted by Gasteiger charge is -2.10. The molecule has 0 amide bonds. The Morgan fingerprint density at radius 3 is 2.67 bits per heavy atom. The van der Waals surface area contributed by atoms with Gasteiger partial charge in [0.25, 0.3) is 0 Å². The molecule has 0 bridgehead atoms. The normalized spacial score (nSPS) is 11.9. The topological polar surface area (TPSA) is 93.3 Å². The quantitative estimate of drug-likeness (QED) is 0.447. The summed E-state index contributed by atoms with van der Waals surface area (Å²) in [5.41, 5.74) is 4.61. The van der Waals surface area contributed by atoms with E-state index in [0.717, 1.165) is 27.5 Å². The molecule has 0 fully saturated rings. The lowest BCUT2D eigenvalue weighted by atomic mass is 10.0. The van der Waals surface area contributed by atoms with Crippen LogP contribution in [0, 0.1) is 6.92 Å². The first-order chi connectivity index (χ1) is 14.4. The van der Waals surface area contributed by atoms with Crippen molar-refractivity contribution in [2.24, 2.45) is 0 Å². The van der Waals surface area contributed by atoms with E-state index in [0.29, 0.717) is 28.0 Å². The minimum absolute atomic E-state index is 0.0366. The van der Waals surface area contributed by atoms with Crippen molar-refractivity contribution in [1.29, 1.82) is 0 Å². The average Bonchev–Trinajstić information content (AvgIpc) is 3.30. The Balaban J connectivity index is 1.98. The van der Waals surface area contributed by atoms with Gasteiger partial charge >= 0.3 is 0 Å². The summed E-state index contributed by atoms with van der Waals surface area (Å²) in [5.74, 6) is 0.428. The summed E-state index contributed by atoms with van der Waals surface area (Å²) >= 11 is 0. The third-order valence-corrected chi connectivity index (χ3v) is 5.55. The van der Waals surface area contributed by atoms with Crippen molar-refractivity contribution in [2.75, 3.05) is 7.11 Å². The fraction of sp³-hybridized carbons (Fsp3) is 0.217. The number of methoxy groups -OCH3 is 1. The number of aromatic hydroxyl groups is 1. The van der Waals surface area contributed by atoms with Crippen molar-refractivity contribution in [2.45, 2.75) is 26.8 Å². The molecule has 0 atom stereocenters. The molecule has 3 heterocycles. The van der Waals surface area contributed by atoms with Gasteiger partial charge in [-0.3, -0.25) is 9.48 Å². The molecule has 0 radical (unpaired) electrons. The van der Waals surface area contributed by atoms with Crippen LogP contribution in [0.3, 0.4) is 0 Å². The fourth-order valence-corrected chi connectivity index (χ4v) is 3.99. The summed E-state index contributed by atoms with van der Waals surface area (Å²) in [6, 6.07) is 8.72. The molecule has 0 saturated heterocycles. The van der Waals surface area contributed by atoms with E-state index in [4.69, 9.17) is 14.1 Å². The van der Waals surface area contributed by atoms with Gasteiger partial charge < -0.3 is 19.4 Å². The van der Waals surface area contributed by atoms with Gasteiger partial charge in [0.1, 0.15) is 11.1 Å². The molecule has 0 aliphatic heterocycles. The molecule has 3 aromatic heterocycles. The summed E-state index contributed by atoms with van der Waals surface area (Å²) in [6.07, 6.45) is 1.89. The monoisotopic (exact) mass is 403 g/mol. The second-order valence-electron chi connectivity index (χ2n) is 7.69. The molecule has 7 nitrogen and oxygen atoms in total. The van der Waals surface area contributed by atoms with E-state index >= 15 is 0 Å². The number of rotatable bonds is 3. The molecule has 0 aliphatic carbocycles. The standard InChI is InChI=1S/C23H21N3O4/c1-11(2)26-23-15(10-24-26)19(13-5-8-18(29-4)17(28)9-13)22-20(25-23)14-6-7-16(27)12(3)21(14)30-22/h5-11,24,28H,1-4H3. The highest BCUT2D eigenvalue weighted by Gasteiger charge is 2.22. The zero-order valence-electron chi connectivity index (χ0n) is 17.1. The number of aromatic amines is 1. The van der Waals surface area contributed by atoms with Crippen LogP contribution in [0.15, 0.2) is 45.7 Å². The number of phenolic OH excluding ortho intramolecular Hbond substituents is 1. The number of pyridine rings is 1. The number of benzene rings is 2. The third-order valence-electron chi connectivity index (χ3n) is 5.55. The summed E-state index contributed by atoms with van der Waals surface area (Å²) in [6.45, 7) is 5.90. The average molecular weight is 403 g/mol. The predicted molar refractivity (Wildman–Crippen MR) is 116 cm³/mol. The number of hydrogen-bond acceptors (Lipinski definition) is 5. The number of fused-ring (bicyclic) bond motifs is 4. The van der Waals surface area contributed by atoms with Crippen LogP contribution >= 0.6 is 0 Å². The van der Waals surface area contributed by atoms with E-state index < -0.39 is 0 Å². The van der Waals surface area contributed by atoms with Crippen LogP contribution in [0.5, 0.6) is 11.5 Å². The first kappa shape index (κ1) is 18.3. The molecule has 5 rings (SSSR count). The zero-order valence-corrected chi connectivity index (χ0v) is 17.1. The van der Waals surface area contributed by atoms with Gasteiger partial charge in [-0.2, -0.15) is 0 Å². The second kappa shape index (κ2) is 6.38. The van der Waals surface area contributed by atoms with Crippen LogP contribution in [-0.4, -0.2) is 27.0 Å². The maximum absolute atomic E-state index is 12.2. The van der Waals surface area contributed by atoms with Crippen molar-refractivity contribution in [3.05, 3.63) is 52.3 Å². The summed E-state index contributed by atoms with van der Waals surface area (Å²) < 4.78 is 13.4. The van der Waals surface area contributed by atoms with Gasteiger partial charge in [0, 0.05) is 34.1 Å². The molecule has 2 aromatic carbocycles. The third kappa shape index (κ3) is 2.45. The van der Waals surface area contributed by atoms with Crippen LogP contribution < -0.4 is 10.2 Å². The minimum atomic E-state index is -0.0743. The molecule has 30 heavy (non-hydrogen) atoms. The smallest absolute Gasteiger partial charge is 0.185 e. The number of H-pyrrole nitrogens is 1. The molecular weight excluding hydrogens is 382 g/mol. The summed E-state index contributed by atoms with van der Waals surface area (Å²) in [7, 11) is 1.51. The Morgan fingerprint density at radius 2 is 1.97 bits per heavy atom. The number of hydrogen-bond donors (Lipinski definition) is 2. The van der Waals surface area contributed by atoms with E-state index in [1.807, 2.05) is 16.9 Å².